The van der Waals surface area contributed by atoms with Crippen molar-refractivity contribution in [3.05, 3.63) is 59.4 Å². The third kappa shape index (κ3) is 3.62. The van der Waals surface area contributed by atoms with Crippen LogP contribution in [0.2, 0.25) is 0 Å². The van der Waals surface area contributed by atoms with E-state index in [1.54, 1.807) is 12.1 Å². The van der Waals surface area contributed by atoms with Gasteiger partial charge in [0, 0.05) is 10.5 Å². The minimum Gasteiger partial charge on any atom is -0.454 e. The molecule has 2 aromatic carbocycles. The lowest BCUT2D eigenvalue weighted by molar-refractivity contribution is -0.113. The van der Waals surface area contributed by atoms with Crippen molar-refractivity contribution in [2.75, 3.05) is 17.7 Å². The predicted molar refractivity (Wildman–Crippen MR) is 86.8 cm³/mol. The largest absolute Gasteiger partial charge is 0.454 e. The maximum absolute atomic E-state index is 13.1. The Morgan fingerprint density at radius 1 is 1.17 bits per heavy atom. The third-order valence-corrected chi connectivity index (χ3v) is 4.40. The number of benzene rings is 2. The van der Waals surface area contributed by atoms with Crippen LogP contribution in [-0.4, -0.2) is 30.0 Å². The lowest BCUT2D eigenvalue weighted by Gasteiger charge is -2.16. The minimum atomic E-state index is -0.688. The van der Waals surface area contributed by atoms with Crippen molar-refractivity contribution in [3.8, 4) is 0 Å². The normalized spacial score (nSPS) is 13.0. The first-order valence-corrected chi connectivity index (χ1v) is 8.04. The minimum absolute atomic E-state index is 0.136. The van der Waals surface area contributed by atoms with Gasteiger partial charge in [-0.25, -0.2) is 9.18 Å². The van der Waals surface area contributed by atoms with Crippen LogP contribution in [0, 0.1) is 5.82 Å². The molecule has 0 atom stereocenters. The molecule has 0 saturated carbocycles. The molecule has 1 amide bonds. The van der Waals surface area contributed by atoms with E-state index in [0.717, 1.165) is 11.0 Å². The third-order valence-electron chi connectivity index (χ3n) is 3.33. The number of thioether (sulfide) groups is 1. The average Bonchev–Trinajstić information content (AvgIpc) is 2.58. The van der Waals surface area contributed by atoms with E-state index in [9.17, 15) is 18.8 Å². The number of fused-ring (bicyclic) bond motifs is 1. The van der Waals surface area contributed by atoms with Crippen LogP contribution in [0.5, 0.6) is 0 Å². The summed E-state index contributed by atoms with van der Waals surface area (Å²) in [5, 5.41) is 2.68. The van der Waals surface area contributed by atoms with Gasteiger partial charge < -0.3 is 10.1 Å². The van der Waals surface area contributed by atoms with Gasteiger partial charge in [-0.3, -0.25) is 9.59 Å². The van der Waals surface area contributed by atoms with Gasteiger partial charge in [-0.05, 0) is 30.3 Å². The van der Waals surface area contributed by atoms with Gasteiger partial charge in [0.1, 0.15) is 5.82 Å². The summed E-state index contributed by atoms with van der Waals surface area (Å²) in [6.45, 7) is -0.486. The van der Waals surface area contributed by atoms with E-state index in [4.69, 9.17) is 4.74 Å². The van der Waals surface area contributed by atoms with Crippen molar-refractivity contribution < 1.29 is 23.5 Å². The standard InChI is InChI=1S/C17H12FNO4S/c18-12-3-1-2-10(6-12)14(20)8-23-17(22)11-4-5-15-13(7-11)19-16(21)9-24-15/h1-7H,8-9H2,(H,19,21). The van der Waals surface area contributed by atoms with Crippen LogP contribution in [0.15, 0.2) is 47.4 Å². The number of hydrogen-bond acceptors (Lipinski definition) is 5. The molecule has 0 aliphatic carbocycles. The monoisotopic (exact) mass is 345 g/mol. The van der Waals surface area contributed by atoms with Crippen molar-refractivity contribution in [1.29, 1.82) is 0 Å². The summed E-state index contributed by atoms with van der Waals surface area (Å²) in [6, 6.07) is 9.96. The van der Waals surface area contributed by atoms with Crippen LogP contribution in [-0.2, 0) is 9.53 Å². The van der Waals surface area contributed by atoms with Crippen LogP contribution in [0.25, 0.3) is 0 Å². The number of carbonyl (C=O) groups excluding carboxylic acids is 3. The summed E-state index contributed by atoms with van der Waals surface area (Å²) in [7, 11) is 0. The molecule has 0 radical (unpaired) electrons. The number of anilines is 1. The van der Waals surface area contributed by atoms with Gasteiger partial charge in [0.15, 0.2) is 12.4 Å². The zero-order valence-electron chi connectivity index (χ0n) is 12.4. The Bertz CT molecular complexity index is 837. The number of carbonyl (C=O) groups is 3. The zero-order chi connectivity index (χ0) is 17.1. The summed E-state index contributed by atoms with van der Waals surface area (Å²) < 4.78 is 18.1. The Hall–Kier alpha value is -2.67. The van der Waals surface area contributed by atoms with E-state index in [1.165, 1.54) is 36.0 Å². The van der Waals surface area contributed by atoms with Crippen molar-refractivity contribution in [1.82, 2.24) is 0 Å². The van der Waals surface area contributed by atoms with E-state index in [0.29, 0.717) is 11.4 Å². The number of nitrogens with one attached hydrogen (secondary N) is 1. The quantitative estimate of drug-likeness (QED) is 0.681. The molecule has 2 aromatic rings. The van der Waals surface area contributed by atoms with E-state index >= 15 is 0 Å². The van der Waals surface area contributed by atoms with Gasteiger partial charge in [-0.15, -0.1) is 11.8 Å². The Kier molecular flexibility index (Phi) is 4.61. The summed E-state index contributed by atoms with van der Waals surface area (Å²) in [5.74, 6) is -1.52. The Balaban J connectivity index is 1.66. The molecule has 7 heteroatoms. The number of ether oxygens (including phenoxy) is 1. The van der Waals surface area contributed by atoms with Crippen molar-refractivity contribution >= 4 is 35.1 Å². The number of ketones is 1. The van der Waals surface area contributed by atoms with Gasteiger partial charge >= 0.3 is 5.97 Å². The molecule has 0 saturated heterocycles. The molecule has 0 unspecified atom stereocenters. The second-order valence-corrected chi connectivity index (χ2v) is 6.07. The van der Waals surface area contributed by atoms with Crippen LogP contribution >= 0.6 is 11.8 Å². The molecule has 122 valence electrons. The fourth-order valence-electron chi connectivity index (χ4n) is 2.17. The van der Waals surface area contributed by atoms with Gasteiger partial charge in [0.2, 0.25) is 5.91 Å². The fourth-order valence-corrected chi connectivity index (χ4v) is 2.96. The molecule has 5 nitrogen and oxygen atoms in total. The zero-order valence-corrected chi connectivity index (χ0v) is 13.2. The highest BCUT2D eigenvalue weighted by Crippen LogP contribution is 2.32. The van der Waals surface area contributed by atoms with Crippen molar-refractivity contribution in [2.45, 2.75) is 4.90 Å². The Morgan fingerprint density at radius 2 is 2.00 bits per heavy atom. The molecule has 0 fully saturated rings. The summed E-state index contributed by atoms with van der Waals surface area (Å²) in [4.78, 5) is 36.2. The molecule has 1 heterocycles. The van der Waals surface area contributed by atoms with E-state index in [1.807, 2.05) is 0 Å². The molecule has 1 N–H and O–H groups in total. The first kappa shape index (κ1) is 16.2. The predicted octanol–water partition coefficient (Wildman–Crippen LogP) is 2.91. The van der Waals surface area contributed by atoms with Crippen molar-refractivity contribution in [3.63, 3.8) is 0 Å². The molecular formula is C17H12FNO4S. The molecule has 24 heavy (non-hydrogen) atoms. The van der Waals surface area contributed by atoms with Crippen LogP contribution in [0.4, 0.5) is 10.1 Å². The van der Waals surface area contributed by atoms with E-state index in [2.05, 4.69) is 5.32 Å². The van der Waals surface area contributed by atoms with Crippen LogP contribution < -0.4 is 5.32 Å². The maximum atomic E-state index is 13.1. The number of Topliss-reactive ketones (excluding diaryl/α,β-unsaturated/α-hetero) is 1. The molecule has 1 aliphatic heterocycles. The Morgan fingerprint density at radius 3 is 2.79 bits per heavy atom. The SMILES string of the molecule is O=C1CSc2ccc(C(=O)OCC(=O)c3cccc(F)c3)cc2N1. The van der Waals surface area contributed by atoms with Gasteiger partial charge in [0.25, 0.3) is 0 Å². The molecular weight excluding hydrogens is 333 g/mol. The first-order chi connectivity index (χ1) is 11.5. The average molecular weight is 345 g/mol. The van der Waals surface area contributed by atoms with Gasteiger partial charge in [0.05, 0.1) is 17.0 Å². The number of hydrogen-bond donors (Lipinski definition) is 1. The van der Waals surface area contributed by atoms with E-state index < -0.39 is 24.2 Å². The molecule has 0 bridgehead atoms. The van der Waals surface area contributed by atoms with Gasteiger partial charge in [-0.1, -0.05) is 12.1 Å². The summed E-state index contributed by atoms with van der Waals surface area (Å²) in [6.07, 6.45) is 0. The molecule has 1 aliphatic rings. The van der Waals surface area contributed by atoms with Crippen LogP contribution in [0.3, 0.4) is 0 Å². The van der Waals surface area contributed by atoms with E-state index in [-0.39, 0.29) is 17.0 Å². The number of esters is 1. The lowest BCUT2D eigenvalue weighted by Crippen LogP contribution is -2.19. The highest BCUT2D eigenvalue weighted by Gasteiger charge is 2.18. The maximum Gasteiger partial charge on any atom is 0.338 e. The number of rotatable bonds is 4. The smallest absolute Gasteiger partial charge is 0.338 e. The molecule has 3 rings (SSSR count). The van der Waals surface area contributed by atoms with Crippen LogP contribution in [0.1, 0.15) is 20.7 Å². The first-order valence-electron chi connectivity index (χ1n) is 7.05. The fraction of sp³-hybridized carbons (Fsp3) is 0.118. The van der Waals surface area contributed by atoms with Crippen molar-refractivity contribution in [2.24, 2.45) is 0 Å². The molecule has 0 aromatic heterocycles. The second-order valence-electron chi connectivity index (χ2n) is 5.06. The topological polar surface area (TPSA) is 72.5 Å². The highest BCUT2D eigenvalue weighted by molar-refractivity contribution is 8.00. The number of halogens is 1. The second kappa shape index (κ2) is 6.84. The highest BCUT2D eigenvalue weighted by atomic mass is 32.2. The molecule has 0 spiro atoms. The van der Waals surface area contributed by atoms with Gasteiger partial charge in [-0.2, -0.15) is 0 Å². The number of amides is 1. The lowest BCUT2D eigenvalue weighted by atomic mass is 10.1. The summed E-state index contributed by atoms with van der Waals surface area (Å²) in [5.41, 5.74) is 0.905. The Labute approximate surface area is 141 Å². The summed E-state index contributed by atoms with van der Waals surface area (Å²) >= 11 is 1.38.